The first-order chi connectivity index (χ1) is 14.7. The summed E-state index contributed by atoms with van der Waals surface area (Å²) in [6.45, 7) is -0.606. The first kappa shape index (κ1) is 22.2. The highest BCUT2D eigenvalue weighted by atomic mass is 35.5. The third-order valence-electron chi connectivity index (χ3n) is 4.62. The summed E-state index contributed by atoms with van der Waals surface area (Å²) in [7, 11) is 0. The lowest BCUT2D eigenvalue weighted by atomic mass is 9.86. The fourth-order valence-electron chi connectivity index (χ4n) is 2.76. The van der Waals surface area contributed by atoms with Gasteiger partial charge in [-0.05, 0) is 31.0 Å². The molecule has 0 atom stereocenters. The number of halogens is 4. The van der Waals surface area contributed by atoms with Gasteiger partial charge in [0, 0.05) is 17.7 Å². The zero-order valence-corrected chi connectivity index (χ0v) is 16.7. The van der Waals surface area contributed by atoms with Crippen molar-refractivity contribution in [2.24, 2.45) is 5.92 Å². The molecule has 5 nitrogen and oxygen atoms in total. The Labute approximate surface area is 181 Å². The lowest BCUT2D eigenvalue weighted by Crippen LogP contribution is -2.40. The van der Waals surface area contributed by atoms with Crippen molar-refractivity contribution in [2.75, 3.05) is 6.54 Å². The molecule has 31 heavy (non-hydrogen) atoms. The van der Waals surface area contributed by atoms with Crippen LogP contribution in [-0.4, -0.2) is 17.4 Å². The number of nitrogens with one attached hydrogen (secondary N) is 1. The Morgan fingerprint density at radius 1 is 1.23 bits per heavy atom. The first-order valence-corrected chi connectivity index (χ1v) is 9.52. The van der Waals surface area contributed by atoms with Gasteiger partial charge >= 0.3 is 6.18 Å². The Hall–Kier alpha value is -3.54. The molecule has 3 rings (SSSR count). The van der Waals surface area contributed by atoms with Gasteiger partial charge in [0.1, 0.15) is 0 Å². The second-order valence-corrected chi connectivity index (χ2v) is 7.36. The number of amides is 1. The number of nitriles is 2. The van der Waals surface area contributed by atoms with Gasteiger partial charge in [0.05, 0.1) is 40.5 Å². The number of pyridine rings is 1. The van der Waals surface area contributed by atoms with Gasteiger partial charge in [0.15, 0.2) is 0 Å². The lowest BCUT2D eigenvalue weighted by molar-refractivity contribution is -0.137. The summed E-state index contributed by atoms with van der Waals surface area (Å²) in [4.78, 5) is 16.5. The Bertz CT molecular complexity index is 1150. The van der Waals surface area contributed by atoms with E-state index < -0.39 is 35.2 Å². The molecule has 1 amide bonds. The predicted octanol–water partition coefficient (Wildman–Crippen LogP) is 4.23. The van der Waals surface area contributed by atoms with Gasteiger partial charge in [0.25, 0.3) is 5.91 Å². The summed E-state index contributed by atoms with van der Waals surface area (Å²) in [5.41, 5.74) is -3.34. The summed E-state index contributed by atoms with van der Waals surface area (Å²) in [6.07, 6.45) is -1.30. The monoisotopic (exact) mass is 442 g/mol. The largest absolute Gasteiger partial charge is 0.417 e. The van der Waals surface area contributed by atoms with Crippen LogP contribution in [0.3, 0.4) is 0 Å². The summed E-state index contributed by atoms with van der Waals surface area (Å²) >= 11 is 6.23. The molecular weight excluding hydrogens is 429 g/mol. The van der Waals surface area contributed by atoms with Crippen LogP contribution in [0.5, 0.6) is 0 Å². The summed E-state index contributed by atoms with van der Waals surface area (Å²) in [6, 6.07) is 9.23. The number of nitrogens with zero attached hydrogens (tertiary/aromatic N) is 3. The maximum absolute atomic E-state index is 13.2. The highest BCUT2D eigenvalue weighted by Crippen LogP contribution is 2.32. The van der Waals surface area contributed by atoms with Crippen LogP contribution < -0.4 is 5.32 Å². The maximum atomic E-state index is 13.2. The molecular formula is C22H14ClF3N4O. The van der Waals surface area contributed by atoms with Crippen LogP contribution in [0.25, 0.3) is 0 Å². The molecule has 0 unspecified atom stereocenters. The van der Waals surface area contributed by atoms with Crippen molar-refractivity contribution in [3.05, 3.63) is 63.9 Å². The summed E-state index contributed by atoms with van der Waals surface area (Å²) in [5.74, 6) is 5.22. The molecule has 1 aromatic heterocycles. The van der Waals surface area contributed by atoms with E-state index in [9.17, 15) is 28.5 Å². The molecule has 1 aliphatic carbocycles. The summed E-state index contributed by atoms with van der Waals surface area (Å²) < 4.78 is 39.5. The zero-order valence-electron chi connectivity index (χ0n) is 15.9. The molecule has 1 heterocycles. The molecule has 1 N–H and O–H groups in total. The second-order valence-electron chi connectivity index (χ2n) is 6.95. The first-order valence-electron chi connectivity index (χ1n) is 9.14. The van der Waals surface area contributed by atoms with E-state index in [0.29, 0.717) is 11.5 Å². The molecule has 1 fully saturated rings. The molecule has 156 valence electrons. The minimum absolute atomic E-state index is 0.00404. The quantitative estimate of drug-likeness (QED) is 0.717. The van der Waals surface area contributed by atoms with Crippen molar-refractivity contribution in [1.29, 1.82) is 10.5 Å². The molecule has 0 bridgehead atoms. The minimum Gasteiger partial charge on any atom is -0.349 e. The average Bonchev–Trinajstić information content (AvgIpc) is 3.58. The number of rotatable bonds is 4. The van der Waals surface area contributed by atoms with E-state index >= 15 is 0 Å². The SMILES string of the molecule is N#CC(C#N)(CNC(=O)c1ccccc1C(F)(F)F)c1ncc(C#CC2CC2)cc1Cl. The van der Waals surface area contributed by atoms with E-state index in [1.165, 1.54) is 18.3 Å². The van der Waals surface area contributed by atoms with Gasteiger partial charge in [-0.25, -0.2) is 0 Å². The molecule has 1 saturated carbocycles. The van der Waals surface area contributed by atoms with E-state index in [-0.39, 0.29) is 10.7 Å². The normalized spacial score (nSPS) is 13.4. The topological polar surface area (TPSA) is 89.6 Å². The van der Waals surface area contributed by atoms with Crippen LogP contribution in [0.15, 0.2) is 36.5 Å². The Balaban J connectivity index is 1.85. The van der Waals surface area contributed by atoms with Gasteiger partial charge in [-0.1, -0.05) is 35.6 Å². The van der Waals surface area contributed by atoms with Crippen LogP contribution in [0.4, 0.5) is 13.2 Å². The van der Waals surface area contributed by atoms with Gasteiger partial charge in [0.2, 0.25) is 5.41 Å². The van der Waals surface area contributed by atoms with Crippen molar-refractivity contribution in [2.45, 2.75) is 24.4 Å². The summed E-state index contributed by atoms with van der Waals surface area (Å²) in [5, 5.41) is 21.5. The van der Waals surface area contributed by atoms with E-state index in [1.807, 2.05) is 0 Å². The number of aromatic nitrogens is 1. The molecule has 9 heteroatoms. The van der Waals surface area contributed by atoms with Gasteiger partial charge in [-0.2, -0.15) is 23.7 Å². The van der Waals surface area contributed by atoms with Crippen LogP contribution in [-0.2, 0) is 11.6 Å². The molecule has 0 spiro atoms. The van der Waals surface area contributed by atoms with Crippen LogP contribution >= 0.6 is 11.6 Å². The number of hydrogen-bond acceptors (Lipinski definition) is 4. The third kappa shape index (κ3) is 4.97. The van der Waals surface area contributed by atoms with Crippen molar-refractivity contribution < 1.29 is 18.0 Å². The predicted molar refractivity (Wildman–Crippen MR) is 106 cm³/mol. The molecule has 1 aliphatic rings. The van der Waals surface area contributed by atoms with Crippen LogP contribution in [0.1, 0.15) is 40.0 Å². The standard InChI is InChI=1S/C22H14ClF3N4O/c23-18-9-15(8-7-14-5-6-14)10-29-19(18)21(11-27,12-28)13-30-20(31)16-3-1-2-4-17(16)22(24,25)26/h1-4,9-10,14H,5-6,13H2,(H,30,31). The highest BCUT2D eigenvalue weighted by molar-refractivity contribution is 6.31. The van der Waals surface area contributed by atoms with E-state index in [1.54, 1.807) is 12.1 Å². The Morgan fingerprint density at radius 2 is 1.90 bits per heavy atom. The van der Waals surface area contributed by atoms with Crippen molar-refractivity contribution in [1.82, 2.24) is 10.3 Å². The minimum atomic E-state index is -4.74. The van der Waals surface area contributed by atoms with Gasteiger partial charge < -0.3 is 5.32 Å². The molecule has 0 saturated heterocycles. The lowest BCUT2D eigenvalue weighted by Gasteiger charge is -2.20. The fraction of sp³-hybridized carbons (Fsp3) is 0.273. The second kappa shape index (κ2) is 8.68. The average molecular weight is 443 g/mol. The Kier molecular flexibility index (Phi) is 6.20. The number of benzene rings is 1. The smallest absolute Gasteiger partial charge is 0.349 e. The maximum Gasteiger partial charge on any atom is 0.417 e. The van der Waals surface area contributed by atoms with Crippen molar-refractivity contribution in [3.63, 3.8) is 0 Å². The molecule has 1 aromatic carbocycles. The van der Waals surface area contributed by atoms with Crippen molar-refractivity contribution in [3.8, 4) is 24.0 Å². The molecule has 0 aliphatic heterocycles. The number of carbonyl (C=O) groups is 1. The van der Waals surface area contributed by atoms with Gasteiger partial charge in [-0.3, -0.25) is 9.78 Å². The number of alkyl halides is 3. The van der Waals surface area contributed by atoms with E-state index in [2.05, 4.69) is 22.1 Å². The highest BCUT2D eigenvalue weighted by Gasteiger charge is 2.39. The fourth-order valence-corrected chi connectivity index (χ4v) is 3.09. The third-order valence-corrected chi connectivity index (χ3v) is 4.90. The van der Waals surface area contributed by atoms with E-state index in [4.69, 9.17) is 11.6 Å². The number of hydrogen-bond donors (Lipinski definition) is 1. The van der Waals surface area contributed by atoms with Crippen LogP contribution in [0, 0.1) is 40.4 Å². The van der Waals surface area contributed by atoms with Gasteiger partial charge in [-0.15, -0.1) is 0 Å². The zero-order chi connectivity index (χ0) is 22.6. The molecule has 0 radical (unpaired) electrons. The number of carbonyl (C=O) groups excluding carboxylic acids is 1. The molecule has 2 aromatic rings. The van der Waals surface area contributed by atoms with Crippen LogP contribution in [0.2, 0.25) is 5.02 Å². The van der Waals surface area contributed by atoms with E-state index in [0.717, 1.165) is 31.0 Å². The van der Waals surface area contributed by atoms with Crippen molar-refractivity contribution >= 4 is 17.5 Å². The Morgan fingerprint density at radius 3 is 2.48 bits per heavy atom.